The SMILES string of the molecule is COc1ccnc(C(=O)NC2CC(C)(C)C=CC(C)[C@@H]2C)c1OC(C)=O. The summed E-state index contributed by atoms with van der Waals surface area (Å²) in [6.07, 6.45) is 6.71. The van der Waals surface area contributed by atoms with Crippen LogP contribution in [-0.2, 0) is 4.79 Å². The lowest BCUT2D eigenvalue weighted by atomic mass is 9.82. The molecule has 0 aliphatic heterocycles. The molecule has 1 aromatic rings. The van der Waals surface area contributed by atoms with Crippen molar-refractivity contribution >= 4 is 11.9 Å². The summed E-state index contributed by atoms with van der Waals surface area (Å²) in [5.41, 5.74) is 0.0340. The van der Waals surface area contributed by atoms with Gasteiger partial charge in [0.1, 0.15) is 0 Å². The number of rotatable bonds is 4. The molecule has 1 heterocycles. The molecule has 2 rings (SSSR count). The molecule has 2 unspecified atom stereocenters. The van der Waals surface area contributed by atoms with E-state index >= 15 is 0 Å². The number of pyridine rings is 1. The van der Waals surface area contributed by atoms with Crippen LogP contribution >= 0.6 is 0 Å². The molecule has 0 radical (unpaired) electrons. The molecule has 0 spiro atoms. The number of nitrogens with zero attached hydrogens (tertiary/aromatic N) is 1. The van der Waals surface area contributed by atoms with E-state index in [2.05, 4.69) is 50.1 Å². The Labute approximate surface area is 155 Å². The van der Waals surface area contributed by atoms with E-state index in [1.165, 1.54) is 20.2 Å². The van der Waals surface area contributed by atoms with Gasteiger partial charge in [0.2, 0.25) is 5.75 Å². The standard InChI is InChI=1S/C20H28N2O4/c1-12-7-9-20(4,5)11-15(13(12)2)22-19(24)17-18(26-14(3)23)16(25-6)8-10-21-17/h7-10,12-13,15H,11H2,1-6H3,(H,22,24)/t12?,13-,15?/m0/s1. The van der Waals surface area contributed by atoms with E-state index in [0.29, 0.717) is 11.7 Å². The van der Waals surface area contributed by atoms with Crippen molar-refractivity contribution in [3.63, 3.8) is 0 Å². The summed E-state index contributed by atoms with van der Waals surface area (Å²) in [5.74, 6) is 0.0402. The average molecular weight is 360 g/mol. The minimum Gasteiger partial charge on any atom is -0.493 e. The number of nitrogens with one attached hydrogen (secondary N) is 1. The highest BCUT2D eigenvalue weighted by molar-refractivity contribution is 5.96. The van der Waals surface area contributed by atoms with Crippen molar-refractivity contribution in [3.05, 3.63) is 30.1 Å². The summed E-state index contributed by atoms with van der Waals surface area (Å²) in [6.45, 7) is 9.86. The maximum absolute atomic E-state index is 12.9. The first-order valence-corrected chi connectivity index (χ1v) is 8.86. The minimum atomic E-state index is -0.535. The van der Waals surface area contributed by atoms with E-state index in [0.717, 1.165) is 6.42 Å². The molecule has 26 heavy (non-hydrogen) atoms. The van der Waals surface area contributed by atoms with Gasteiger partial charge in [0, 0.05) is 25.2 Å². The fourth-order valence-corrected chi connectivity index (χ4v) is 3.19. The van der Waals surface area contributed by atoms with Crippen LogP contribution < -0.4 is 14.8 Å². The number of amides is 1. The quantitative estimate of drug-likeness (QED) is 0.658. The van der Waals surface area contributed by atoms with Gasteiger partial charge in [-0.25, -0.2) is 4.98 Å². The van der Waals surface area contributed by atoms with Crippen molar-refractivity contribution in [3.8, 4) is 11.5 Å². The van der Waals surface area contributed by atoms with Gasteiger partial charge in [-0.2, -0.15) is 0 Å². The summed E-state index contributed by atoms with van der Waals surface area (Å²) in [5, 5.41) is 3.09. The topological polar surface area (TPSA) is 77.5 Å². The van der Waals surface area contributed by atoms with Crippen molar-refractivity contribution < 1.29 is 19.1 Å². The Morgan fingerprint density at radius 1 is 1.31 bits per heavy atom. The van der Waals surface area contributed by atoms with E-state index in [9.17, 15) is 9.59 Å². The zero-order chi connectivity index (χ0) is 19.5. The number of esters is 1. The van der Waals surface area contributed by atoms with Gasteiger partial charge in [0.25, 0.3) is 5.91 Å². The zero-order valence-corrected chi connectivity index (χ0v) is 16.3. The second-order valence-electron chi connectivity index (χ2n) is 7.63. The second kappa shape index (κ2) is 7.89. The predicted molar refractivity (Wildman–Crippen MR) is 99.2 cm³/mol. The smallest absolute Gasteiger partial charge is 0.308 e. The minimum absolute atomic E-state index is 0.0164. The first kappa shape index (κ1) is 19.9. The number of aromatic nitrogens is 1. The van der Waals surface area contributed by atoms with Crippen molar-refractivity contribution in [1.82, 2.24) is 10.3 Å². The molecule has 1 aromatic heterocycles. The van der Waals surface area contributed by atoms with Gasteiger partial charge in [-0.05, 0) is 23.7 Å². The van der Waals surface area contributed by atoms with Gasteiger partial charge in [-0.15, -0.1) is 0 Å². The first-order chi connectivity index (χ1) is 12.1. The number of carbonyl (C=O) groups is 2. The van der Waals surface area contributed by atoms with Crippen LogP contribution in [0.3, 0.4) is 0 Å². The third-order valence-electron chi connectivity index (χ3n) is 4.93. The van der Waals surface area contributed by atoms with Crippen LogP contribution in [0.25, 0.3) is 0 Å². The third kappa shape index (κ3) is 4.62. The van der Waals surface area contributed by atoms with Crippen LogP contribution in [0.2, 0.25) is 0 Å². The number of methoxy groups -OCH3 is 1. The molecular formula is C20H28N2O4. The highest BCUT2D eigenvalue weighted by atomic mass is 16.6. The molecule has 1 aliphatic rings. The molecule has 1 aliphatic carbocycles. The zero-order valence-electron chi connectivity index (χ0n) is 16.3. The maximum atomic E-state index is 12.9. The van der Waals surface area contributed by atoms with Gasteiger partial charge < -0.3 is 14.8 Å². The lowest BCUT2D eigenvalue weighted by Crippen LogP contribution is -2.43. The first-order valence-electron chi connectivity index (χ1n) is 8.86. The maximum Gasteiger partial charge on any atom is 0.308 e. The Morgan fingerprint density at radius 2 is 2.00 bits per heavy atom. The van der Waals surface area contributed by atoms with Gasteiger partial charge in [-0.3, -0.25) is 9.59 Å². The lowest BCUT2D eigenvalue weighted by Gasteiger charge is -2.30. The van der Waals surface area contributed by atoms with Gasteiger partial charge in [-0.1, -0.05) is 39.8 Å². The molecule has 0 fully saturated rings. The normalized spacial score (nSPS) is 24.5. The molecule has 6 nitrogen and oxygen atoms in total. The van der Waals surface area contributed by atoms with Crippen LogP contribution in [0.5, 0.6) is 11.5 Å². The average Bonchev–Trinajstić information content (AvgIpc) is 2.66. The van der Waals surface area contributed by atoms with Crippen LogP contribution in [0.4, 0.5) is 0 Å². The molecule has 0 bridgehead atoms. The number of ether oxygens (including phenoxy) is 2. The number of hydrogen-bond acceptors (Lipinski definition) is 5. The number of allylic oxidation sites excluding steroid dienone is 2. The molecule has 3 atom stereocenters. The number of hydrogen-bond donors (Lipinski definition) is 1. The van der Waals surface area contributed by atoms with Gasteiger partial charge in [0.15, 0.2) is 11.4 Å². The Hall–Kier alpha value is -2.37. The van der Waals surface area contributed by atoms with Crippen LogP contribution in [0.15, 0.2) is 24.4 Å². The van der Waals surface area contributed by atoms with E-state index in [4.69, 9.17) is 9.47 Å². The molecule has 0 saturated heterocycles. The van der Waals surface area contributed by atoms with Gasteiger partial charge in [0.05, 0.1) is 7.11 Å². The Bertz CT molecular complexity index is 712. The largest absolute Gasteiger partial charge is 0.493 e. The van der Waals surface area contributed by atoms with Crippen molar-refractivity contribution in [1.29, 1.82) is 0 Å². The van der Waals surface area contributed by atoms with E-state index < -0.39 is 5.97 Å². The van der Waals surface area contributed by atoms with Gasteiger partial charge >= 0.3 is 5.97 Å². The highest BCUT2D eigenvalue weighted by Gasteiger charge is 2.33. The Balaban J connectivity index is 2.30. The Kier molecular flexibility index (Phi) is 6.05. The van der Waals surface area contributed by atoms with Crippen molar-refractivity contribution in [2.75, 3.05) is 7.11 Å². The van der Waals surface area contributed by atoms with Crippen LogP contribution in [-0.4, -0.2) is 30.0 Å². The number of carbonyl (C=O) groups excluding carboxylic acids is 2. The third-order valence-corrected chi connectivity index (χ3v) is 4.93. The lowest BCUT2D eigenvalue weighted by molar-refractivity contribution is -0.132. The fraction of sp³-hybridized carbons (Fsp3) is 0.550. The van der Waals surface area contributed by atoms with E-state index in [-0.39, 0.29) is 34.7 Å². The Morgan fingerprint density at radius 3 is 2.62 bits per heavy atom. The molecular weight excluding hydrogens is 332 g/mol. The summed E-state index contributed by atoms with van der Waals surface area (Å²) in [7, 11) is 1.45. The highest BCUT2D eigenvalue weighted by Crippen LogP contribution is 2.35. The van der Waals surface area contributed by atoms with Crippen LogP contribution in [0, 0.1) is 17.3 Å². The molecule has 6 heteroatoms. The van der Waals surface area contributed by atoms with E-state index in [1.54, 1.807) is 6.07 Å². The summed E-state index contributed by atoms with van der Waals surface area (Å²) in [4.78, 5) is 28.5. The predicted octanol–water partition coefficient (Wildman–Crippen LogP) is 3.37. The van der Waals surface area contributed by atoms with Crippen LogP contribution in [0.1, 0.15) is 51.5 Å². The van der Waals surface area contributed by atoms with Crippen molar-refractivity contribution in [2.24, 2.45) is 17.3 Å². The molecule has 0 saturated carbocycles. The second-order valence-corrected chi connectivity index (χ2v) is 7.63. The molecule has 0 aromatic carbocycles. The van der Waals surface area contributed by atoms with Crippen molar-refractivity contribution in [2.45, 2.75) is 47.1 Å². The summed E-state index contributed by atoms with van der Waals surface area (Å²) < 4.78 is 10.4. The summed E-state index contributed by atoms with van der Waals surface area (Å²) >= 11 is 0. The molecule has 1 N–H and O–H groups in total. The molecule has 1 amide bonds. The monoisotopic (exact) mass is 360 g/mol. The fourth-order valence-electron chi connectivity index (χ4n) is 3.19. The van der Waals surface area contributed by atoms with E-state index in [1.807, 2.05) is 0 Å². The summed E-state index contributed by atoms with van der Waals surface area (Å²) in [6, 6.07) is 1.53. The molecule has 142 valence electrons.